The van der Waals surface area contributed by atoms with Crippen molar-refractivity contribution in [3.05, 3.63) is 4.91 Å². The number of nitroso groups, excluding NO2 is 1. The molecule has 1 aliphatic heterocycles. The van der Waals surface area contributed by atoms with E-state index in [2.05, 4.69) is 4.84 Å². The monoisotopic (exact) mass is 149 g/mol. The van der Waals surface area contributed by atoms with Gasteiger partial charge in [0, 0.05) is 17.1 Å². The molecular weight excluding hydrogens is 142 g/mol. The van der Waals surface area contributed by atoms with Crippen molar-refractivity contribution in [2.24, 2.45) is 4.84 Å². The van der Waals surface area contributed by atoms with Gasteiger partial charge >= 0.3 is 0 Å². The third kappa shape index (κ3) is 0.749. The summed E-state index contributed by atoms with van der Waals surface area (Å²) in [5.41, 5.74) is 0. The fourth-order valence-corrected chi connectivity index (χ4v) is 34.2. The Bertz CT molecular complexity index is 58.6. The molecule has 0 aromatic carbocycles. The molecule has 0 aliphatic carbocycles. The van der Waals surface area contributed by atoms with E-state index in [0.717, 1.165) is 0 Å². The van der Waals surface area contributed by atoms with Crippen LogP contribution in [0.3, 0.4) is 0 Å². The Labute approximate surface area is 44.0 Å². The molecule has 34 valence electrons. The molecule has 0 spiro atoms. The third-order valence-electron chi connectivity index (χ3n) is 1.22. The first-order valence-electron chi connectivity index (χ1n) is 2.26. The summed E-state index contributed by atoms with van der Waals surface area (Å²) in [5, 5.41) is 0. The second-order valence-electron chi connectivity index (χ2n) is 1.69. The Morgan fingerprint density at radius 1 is 1.50 bits per heavy atom. The van der Waals surface area contributed by atoms with Gasteiger partial charge in [0.05, 0.1) is 0 Å². The molecule has 0 atom stereocenters. The molecule has 1 fully saturated rings. The highest BCUT2D eigenvalue weighted by Crippen LogP contribution is 1.85. The smallest absolute Gasteiger partial charge is 0.164 e. The minimum absolute atomic E-state index is 0.379. The van der Waals surface area contributed by atoms with Gasteiger partial charge < -0.3 is 0 Å². The van der Waals surface area contributed by atoms with Crippen LogP contribution in [-0.2, 0) is 0 Å². The zero-order chi connectivity index (χ0) is 4.41. The van der Waals surface area contributed by atoms with Gasteiger partial charge in [-0.2, -0.15) is 4.91 Å². The summed E-state index contributed by atoms with van der Waals surface area (Å²) < 4.78 is 0. The molecule has 6 heteroatoms. The molecule has 0 aromatic heterocycles. The summed E-state index contributed by atoms with van der Waals surface area (Å²) in [4.78, 5) is 12.8. The zero-order valence-corrected chi connectivity index (χ0v) is 8.95. The van der Waals surface area contributed by atoms with Gasteiger partial charge in [0.15, 0.2) is 7.99 Å². The number of rotatable bonds is 1. The SMILES string of the molecule is O=N[SiH]1[SiH2][SiH2][SiH2]1. The molecule has 2 nitrogen and oxygen atoms in total. The lowest BCUT2D eigenvalue weighted by atomic mass is 13.7. The van der Waals surface area contributed by atoms with Crippen LogP contribution in [0.25, 0.3) is 0 Å². The van der Waals surface area contributed by atoms with Crippen molar-refractivity contribution >= 4 is 33.7 Å². The zero-order valence-electron chi connectivity index (χ0n) is 3.55. The average molecular weight is 149 g/mol. The minimum Gasteiger partial charge on any atom is -0.164 e. The lowest BCUT2D eigenvalue weighted by molar-refractivity contribution is 1.81. The van der Waals surface area contributed by atoms with Gasteiger partial charge in [0.2, 0.25) is 0 Å². The fourth-order valence-electron chi connectivity index (χ4n) is 0.492. The number of nitrogens with zero attached hydrogens (tertiary/aromatic N) is 1. The van der Waals surface area contributed by atoms with E-state index >= 15 is 0 Å². The van der Waals surface area contributed by atoms with Crippen LogP contribution in [-0.4, -0.2) is 33.7 Å². The molecule has 0 unspecified atom stereocenters. The Balaban J connectivity index is 2.16. The highest BCUT2D eigenvalue weighted by molar-refractivity contribution is 7.81. The molecule has 0 aromatic rings. The fraction of sp³-hybridized carbons (Fsp3) is 0. The van der Waals surface area contributed by atoms with Gasteiger partial charge in [0.1, 0.15) is 0 Å². The first kappa shape index (κ1) is 4.62. The maximum Gasteiger partial charge on any atom is 0.180 e. The van der Waals surface area contributed by atoms with E-state index in [-0.39, 0.29) is 0 Å². The summed E-state index contributed by atoms with van der Waals surface area (Å²) in [5.74, 6) is 0. The van der Waals surface area contributed by atoms with E-state index in [1.807, 2.05) is 0 Å². The topological polar surface area (TPSA) is 29.4 Å². The molecule has 0 bridgehead atoms. The predicted octanol–water partition coefficient (Wildman–Crippen LogP) is -3.18. The van der Waals surface area contributed by atoms with Crippen LogP contribution in [0, 0.1) is 4.91 Å². The van der Waals surface area contributed by atoms with E-state index in [9.17, 15) is 4.91 Å². The van der Waals surface area contributed by atoms with Crippen LogP contribution in [0.4, 0.5) is 0 Å². The van der Waals surface area contributed by atoms with Crippen molar-refractivity contribution in [3.63, 3.8) is 0 Å². The summed E-state index contributed by atoms with van der Waals surface area (Å²) in [7, 11) is 0.780. The van der Waals surface area contributed by atoms with Crippen LogP contribution in [0.5, 0.6) is 0 Å². The normalized spacial score (nSPS) is 43.7. The Morgan fingerprint density at radius 2 is 2.17 bits per heavy atom. The number of hydrogen-bond acceptors (Lipinski definition) is 2. The maximum atomic E-state index is 9.69. The van der Waals surface area contributed by atoms with Crippen molar-refractivity contribution < 1.29 is 0 Å². The highest BCUT2D eigenvalue weighted by Gasteiger charge is 2.21. The lowest BCUT2D eigenvalue weighted by Gasteiger charge is -2.10. The van der Waals surface area contributed by atoms with Crippen LogP contribution in [0.1, 0.15) is 0 Å². The van der Waals surface area contributed by atoms with Gasteiger partial charge in [-0.25, -0.2) is 0 Å². The summed E-state index contributed by atoms with van der Waals surface area (Å²) >= 11 is 0. The molecular formula is H7NOSi4. The van der Waals surface area contributed by atoms with Crippen LogP contribution in [0.2, 0.25) is 0 Å². The first-order valence-corrected chi connectivity index (χ1v) is 17.3. The minimum atomic E-state index is -0.571. The van der Waals surface area contributed by atoms with Crippen LogP contribution >= 0.6 is 0 Å². The molecule has 0 amide bonds. The van der Waals surface area contributed by atoms with Crippen molar-refractivity contribution in [2.45, 2.75) is 0 Å². The van der Waals surface area contributed by atoms with E-state index in [4.69, 9.17) is 0 Å². The van der Waals surface area contributed by atoms with Crippen molar-refractivity contribution in [3.8, 4) is 0 Å². The molecule has 1 heterocycles. The molecule has 1 rings (SSSR count). The van der Waals surface area contributed by atoms with Gasteiger partial charge in [-0.3, -0.25) is 0 Å². The Hall–Kier alpha value is 0.468. The Morgan fingerprint density at radius 3 is 2.17 bits per heavy atom. The summed E-state index contributed by atoms with van der Waals surface area (Å²) in [6, 6.07) is 0. The van der Waals surface area contributed by atoms with E-state index in [1.165, 1.54) is 0 Å². The van der Waals surface area contributed by atoms with Gasteiger partial charge in [0.25, 0.3) is 0 Å². The third-order valence-corrected chi connectivity index (χ3v) is 74.4. The van der Waals surface area contributed by atoms with Gasteiger partial charge in [-0.05, 0) is 8.55 Å². The largest absolute Gasteiger partial charge is 0.180 e. The molecule has 0 N–H and O–H groups in total. The summed E-state index contributed by atoms with van der Waals surface area (Å²) in [6.45, 7) is 0. The standard InChI is InChI=1S/H7NOSi4/c2-1-6-4-3-5-6/h6H,3-5H2. The molecule has 1 saturated heterocycles. The quantitative estimate of drug-likeness (QED) is 0.286. The molecule has 0 radical (unpaired) electrons. The lowest BCUT2D eigenvalue weighted by Crippen LogP contribution is -2.49. The van der Waals surface area contributed by atoms with Crippen molar-refractivity contribution in [2.75, 3.05) is 0 Å². The predicted molar refractivity (Wildman–Crippen MR) is 38.6 cm³/mol. The van der Waals surface area contributed by atoms with Crippen LogP contribution < -0.4 is 0 Å². The summed E-state index contributed by atoms with van der Waals surface area (Å²) in [6.07, 6.45) is 0. The average Bonchev–Trinajstić information content (AvgIpc) is 1.31. The van der Waals surface area contributed by atoms with E-state index in [1.54, 1.807) is 0 Å². The maximum absolute atomic E-state index is 9.69. The van der Waals surface area contributed by atoms with Crippen molar-refractivity contribution in [1.82, 2.24) is 0 Å². The van der Waals surface area contributed by atoms with Gasteiger partial charge in [-0.15, -0.1) is 4.84 Å². The second kappa shape index (κ2) is 1.96. The van der Waals surface area contributed by atoms with Crippen LogP contribution in [0.15, 0.2) is 4.84 Å². The second-order valence-corrected chi connectivity index (χ2v) is 36.5. The van der Waals surface area contributed by atoms with Crippen molar-refractivity contribution in [1.29, 1.82) is 0 Å². The van der Waals surface area contributed by atoms with Gasteiger partial charge in [-0.1, -0.05) is 0 Å². The molecule has 6 heavy (non-hydrogen) atoms. The van der Waals surface area contributed by atoms with E-state index in [0.29, 0.717) is 25.7 Å². The molecule has 1 aliphatic rings. The highest BCUT2D eigenvalue weighted by atomic mass is 30.1. The first-order chi connectivity index (χ1) is 2.93. The Kier molecular flexibility index (Phi) is 1.51. The molecule has 0 saturated carbocycles. The van der Waals surface area contributed by atoms with E-state index < -0.39 is 7.99 Å². The number of hydrogen-bond donors (Lipinski definition) is 0.